The third-order valence-corrected chi connectivity index (χ3v) is 24.7. The largest absolute Gasteiger partial charge is 0.341 e. The summed E-state index contributed by atoms with van der Waals surface area (Å²) in [6.45, 7) is 40.3. The molecular weight excluding hydrogens is 1370 g/mol. The molecule has 552 valence electrons. The molecule has 0 aliphatic rings. The van der Waals surface area contributed by atoms with Gasteiger partial charge >= 0.3 is 0 Å². The molecular formula is C105H92N8. The van der Waals surface area contributed by atoms with Crippen LogP contribution < -0.4 is 0 Å². The molecule has 0 saturated carbocycles. The van der Waals surface area contributed by atoms with Gasteiger partial charge in [0.2, 0.25) is 0 Å². The topological polar surface area (TPSA) is 87.2 Å². The number of hydrogen-bond donors (Lipinski definition) is 0. The number of aromatic nitrogens is 8. The first-order chi connectivity index (χ1) is 54.5. The Morgan fingerprint density at radius 2 is 0.655 bits per heavy atom. The molecule has 6 aromatic heterocycles. The highest BCUT2D eigenvalue weighted by atomic mass is 15.0. The molecule has 18 rings (SSSR count). The first-order valence-corrected chi connectivity index (χ1v) is 39.7. The van der Waals surface area contributed by atoms with E-state index in [2.05, 4.69) is 339 Å². The predicted octanol–water partition coefficient (Wildman–Crippen LogP) is 27.5. The van der Waals surface area contributed by atoms with Gasteiger partial charge in [0, 0.05) is 113 Å². The van der Waals surface area contributed by atoms with E-state index in [0.717, 1.165) is 119 Å². The van der Waals surface area contributed by atoms with Crippen LogP contribution in [0.3, 0.4) is 0 Å². The van der Waals surface area contributed by atoms with E-state index in [9.17, 15) is 0 Å². The number of nitrogens with zero attached hydrogens (tertiary/aromatic N) is 8. The second-order valence-electron chi connectivity index (χ2n) is 31.9. The fourth-order valence-corrected chi connectivity index (χ4v) is 19.2. The average Bonchev–Trinajstić information content (AvgIpc) is 1.54. The maximum absolute atomic E-state index is 5.01. The zero-order chi connectivity index (χ0) is 78.4. The van der Waals surface area contributed by atoms with E-state index in [1.165, 1.54) is 165 Å². The van der Waals surface area contributed by atoms with E-state index >= 15 is 0 Å². The van der Waals surface area contributed by atoms with Gasteiger partial charge in [-0.2, -0.15) is 0 Å². The van der Waals surface area contributed by atoms with Gasteiger partial charge in [-0.1, -0.05) is 115 Å². The fourth-order valence-electron chi connectivity index (χ4n) is 19.2. The lowest BCUT2D eigenvalue weighted by Gasteiger charge is -2.19. The summed E-state index contributed by atoms with van der Waals surface area (Å²) in [7, 11) is 0. The van der Waals surface area contributed by atoms with Crippen molar-refractivity contribution in [3.05, 3.63) is 315 Å². The Hall–Kier alpha value is -12.8. The monoisotopic (exact) mass is 1460 g/mol. The Kier molecular flexibility index (Phi) is 17.5. The van der Waals surface area contributed by atoms with Gasteiger partial charge in [0.1, 0.15) is 12.2 Å². The molecule has 0 bridgehead atoms. The number of aryl methyl sites for hydroxylation is 14. The molecule has 0 aliphatic heterocycles. The second kappa shape index (κ2) is 27.6. The zero-order valence-corrected chi connectivity index (χ0v) is 68.1. The van der Waals surface area contributed by atoms with Crippen molar-refractivity contribution in [3.8, 4) is 117 Å². The molecule has 18 aromatic rings. The van der Waals surface area contributed by atoms with Gasteiger partial charge in [-0.15, -0.1) is 0 Å². The molecule has 0 spiro atoms. The molecule has 0 amide bonds. The minimum absolute atomic E-state index is 0.783. The molecule has 0 atom stereocenters. The van der Waals surface area contributed by atoms with Gasteiger partial charge in [-0.25, -0.2) is 19.9 Å². The normalized spacial score (nSPS) is 11.8. The molecule has 0 N–H and O–H groups in total. The molecule has 0 fully saturated rings. The van der Waals surface area contributed by atoms with Crippen LogP contribution in [0.2, 0.25) is 0 Å². The van der Waals surface area contributed by atoms with Crippen molar-refractivity contribution >= 4 is 65.2 Å². The van der Waals surface area contributed by atoms with E-state index in [1.54, 1.807) is 6.33 Å². The van der Waals surface area contributed by atoms with Crippen LogP contribution in [0.15, 0.2) is 219 Å². The van der Waals surface area contributed by atoms with Gasteiger partial charge in [0.15, 0.2) is 0 Å². The zero-order valence-electron chi connectivity index (χ0n) is 68.1. The van der Waals surface area contributed by atoms with Crippen molar-refractivity contribution in [1.82, 2.24) is 39.0 Å². The highest BCUT2D eigenvalue weighted by Crippen LogP contribution is 2.52. The van der Waals surface area contributed by atoms with E-state index in [1.807, 2.05) is 6.92 Å². The summed E-state index contributed by atoms with van der Waals surface area (Å²) in [5.41, 5.74) is 47.3. The SMILES string of the molecule is CCn1c2ccc(-c3ccc4ccc(-c5ccc6ccc(-n7c8c(C)c(C)c(C)c(-c9cccc(-c%10c(C)ncnc%10C)c9)c8c8c(-c9cccc(-c%10c(C)nc(C)nc%10C)c9)c(C)c(C)c(C)c87)cc6c5)cc4c3)cc2c2ccc(-c3cc(-c4cccc(-c5c(C)cc(C)nc5C)c4)cc(-c4c(C)cc(C)nc4C)c3)cc21. The van der Waals surface area contributed by atoms with E-state index in [4.69, 9.17) is 29.9 Å². The van der Waals surface area contributed by atoms with Crippen LogP contribution in [0.25, 0.3) is 182 Å². The third kappa shape index (κ3) is 12.0. The average molecular weight is 1470 g/mol. The first-order valence-electron chi connectivity index (χ1n) is 39.7. The number of hydrogen-bond acceptors (Lipinski definition) is 6. The van der Waals surface area contributed by atoms with Crippen LogP contribution in [0.1, 0.15) is 103 Å². The minimum Gasteiger partial charge on any atom is -0.341 e. The summed E-state index contributed by atoms with van der Waals surface area (Å²) in [6.07, 6.45) is 1.67. The van der Waals surface area contributed by atoms with E-state index < -0.39 is 0 Å². The molecule has 12 aromatic carbocycles. The summed E-state index contributed by atoms with van der Waals surface area (Å²) in [5.74, 6) is 0.783. The summed E-state index contributed by atoms with van der Waals surface area (Å²) < 4.78 is 5.10. The molecule has 0 saturated heterocycles. The lowest BCUT2D eigenvalue weighted by molar-refractivity contribution is 0.827. The van der Waals surface area contributed by atoms with Gasteiger partial charge in [0.25, 0.3) is 0 Å². The number of fused-ring (bicyclic) bond motifs is 8. The van der Waals surface area contributed by atoms with Gasteiger partial charge in [0.05, 0.1) is 11.0 Å². The maximum atomic E-state index is 5.01. The van der Waals surface area contributed by atoms with Crippen LogP contribution in [0.5, 0.6) is 0 Å². The van der Waals surface area contributed by atoms with Crippen molar-refractivity contribution in [2.24, 2.45) is 0 Å². The van der Waals surface area contributed by atoms with E-state index in [0.29, 0.717) is 0 Å². The highest BCUT2D eigenvalue weighted by molar-refractivity contribution is 6.24. The summed E-state index contributed by atoms with van der Waals surface area (Å²) in [4.78, 5) is 29.1. The first kappa shape index (κ1) is 71.8. The molecule has 0 aliphatic carbocycles. The van der Waals surface area contributed by atoms with Crippen molar-refractivity contribution in [1.29, 1.82) is 0 Å². The molecule has 8 heteroatoms. The Balaban J connectivity index is 0.744. The van der Waals surface area contributed by atoms with Crippen LogP contribution in [-0.2, 0) is 6.54 Å². The van der Waals surface area contributed by atoms with Crippen LogP contribution >= 0.6 is 0 Å². The molecule has 8 nitrogen and oxygen atoms in total. The Bertz CT molecular complexity index is 7030. The van der Waals surface area contributed by atoms with Crippen molar-refractivity contribution < 1.29 is 0 Å². The number of rotatable bonds is 12. The fraction of sp³-hybridized carbons (Fsp3) is 0.181. The Labute approximate surface area is 662 Å². The Morgan fingerprint density at radius 1 is 0.265 bits per heavy atom. The summed E-state index contributed by atoms with van der Waals surface area (Å²) in [5, 5.41) is 9.74. The quantitative estimate of drug-likeness (QED) is 0.121. The molecule has 6 heterocycles. The van der Waals surface area contributed by atoms with Gasteiger partial charge in [-0.05, 0) is 377 Å². The van der Waals surface area contributed by atoms with Crippen LogP contribution in [-0.4, -0.2) is 39.0 Å². The molecule has 113 heavy (non-hydrogen) atoms. The minimum atomic E-state index is 0.783. The van der Waals surface area contributed by atoms with Crippen LogP contribution in [0.4, 0.5) is 0 Å². The van der Waals surface area contributed by atoms with Crippen molar-refractivity contribution in [3.63, 3.8) is 0 Å². The summed E-state index contributed by atoms with van der Waals surface area (Å²) >= 11 is 0. The lowest BCUT2D eigenvalue weighted by atomic mass is 9.84. The third-order valence-electron chi connectivity index (χ3n) is 24.7. The maximum Gasteiger partial charge on any atom is 0.125 e. The van der Waals surface area contributed by atoms with Gasteiger partial charge < -0.3 is 9.13 Å². The van der Waals surface area contributed by atoms with E-state index in [-0.39, 0.29) is 0 Å². The van der Waals surface area contributed by atoms with Crippen molar-refractivity contribution in [2.75, 3.05) is 0 Å². The highest BCUT2D eigenvalue weighted by Gasteiger charge is 2.30. The predicted molar refractivity (Wildman–Crippen MR) is 476 cm³/mol. The second-order valence-corrected chi connectivity index (χ2v) is 31.9. The van der Waals surface area contributed by atoms with Gasteiger partial charge in [-0.3, -0.25) is 9.97 Å². The Morgan fingerprint density at radius 3 is 1.17 bits per heavy atom. The molecule has 0 radical (unpaired) electrons. The standard InChI is InChI=1S/C105H92N8/c1-19-112-94-40-37-79(53-93(94)92-39-36-80(54-95(92)112)88-49-87(50-90(51-88)97-57(3)42-59(5)109-69(97)15)75-23-20-24-81(43-75)96-56(2)41-58(4)108-68(96)14)78-34-30-73-29-32-76(44-86(73)45-78)77-33-31-74-35-38-91(52-89(74)46-77)113-104-64(10)60(6)62(8)98(82-25-21-27-84(47-82)100-66(12)106-55-107-67(100)13)102(104)103-99(63(9)61(7)65(11)105(103)113)83-26-22-28-85(48-83)101-70(16)110-72(18)111-71(101)17/h20-55H,19H2,1-18H3. The number of benzene rings is 12. The summed E-state index contributed by atoms with van der Waals surface area (Å²) in [6, 6.07) is 80.9. The lowest BCUT2D eigenvalue weighted by Crippen LogP contribution is -2.01. The smallest absolute Gasteiger partial charge is 0.125 e. The van der Waals surface area contributed by atoms with Crippen LogP contribution in [0, 0.1) is 118 Å². The number of pyridine rings is 2. The molecule has 0 unspecified atom stereocenters. The van der Waals surface area contributed by atoms with Crippen molar-refractivity contribution in [2.45, 2.75) is 131 Å².